The van der Waals surface area contributed by atoms with Crippen LogP contribution in [-0.4, -0.2) is 36.6 Å². The van der Waals surface area contributed by atoms with Crippen LogP contribution in [0.5, 0.6) is 0 Å². The number of sulfonamides is 1. The fourth-order valence-corrected chi connectivity index (χ4v) is 5.35. The predicted molar refractivity (Wildman–Crippen MR) is 125 cm³/mol. The molecule has 32 heavy (non-hydrogen) atoms. The summed E-state index contributed by atoms with van der Waals surface area (Å²) in [7, 11) is -3.91. The number of aromatic nitrogens is 1. The highest BCUT2D eigenvalue weighted by molar-refractivity contribution is 7.92. The number of carbonyl (C=O) groups is 1. The smallest absolute Gasteiger partial charge is 0.308 e. The molecular formula is C20H22N4O6S2. The highest BCUT2D eigenvalue weighted by Gasteiger charge is 2.26. The third-order valence-electron chi connectivity index (χ3n) is 4.84. The van der Waals surface area contributed by atoms with Crippen molar-refractivity contribution in [1.29, 1.82) is 0 Å². The van der Waals surface area contributed by atoms with Gasteiger partial charge in [-0.2, -0.15) is 0 Å². The molecule has 1 N–H and O–H groups in total. The van der Waals surface area contributed by atoms with Crippen molar-refractivity contribution in [2.24, 2.45) is 0 Å². The van der Waals surface area contributed by atoms with Crippen LogP contribution in [0.25, 0.3) is 10.2 Å². The fourth-order valence-electron chi connectivity index (χ4n) is 3.39. The van der Waals surface area contributed by atoms with E-state index in [1.54, 1.807) is 22.8 Å². The van der Waals surface area contributed by atoms with Crippen LogP contribution in [0.15, 0.2) is 41.2 Å². The molecule has 10 nitrogen and oxygen atoms in total. The van der Waals surface area contributed by atoms with E-state index >= 15 is 0 Å². The molecule has 1 heterocycles. The third kappa shape index (κ3) is 4.65. The molecule has 0 saturated carbocycles. The van der Waals surface area contributed by atoms with Gasteiger partial charge >= 0.3 is 4.87 Å². The minimum absolute atomic E-state index is 0.0156. The molecule has 1 aromatic heterocycles. The first-order chi connectivity index (χ1) is 14.9. The maximum Gasteiger partial charge on any atom is 0.308 e. The van der Waals surface area contributed by atoms with Gasteiger partial charge in [0.05, 0.1) is 32.6 Å². The minimum Gasteiger partial charge on any atom is -0.324 e. The average molecular weight is 479 g/mol. The second kappa shape index (κ2) is 8.71. The molecule has 0 radical (unpaired) electrons. The zero-order valence-corrected chi connectivity index (χ0v) is 19.5. The Morgan fingerprint density at radius 3 is 2.56 bits per heavy atom. The molecule has 0 aliphatic rings. The second-order valence-corrected chi connectivity index (χ2v) is 10.4. The number of amides is 1. The number of benzene rings is 2. The lowest BCUT2D eigenvalue weighted by atomic mass is 10.1. The number of nitrogens with one attached hydrogen (secondary N) is 1. The highest BCUT2D eigenvalue weighted by Crippen LogP contribution is 2.30. The van der Waals surface area contributed by atoms with Crippen molar-refractivity contribution < 1.29 is 18.1 Å². The first kappa shape index (κ1) is 23.4. The summed E-state index contributed by atoms with van der Waals surface area (Å²) in [5, 5.41) is 13.9. The topological polar surface area (TPSA) is 132 Å². The molecule has 170 valence electrons. The van der Waals surface area contributed by atoms with Gasteiger partial charge in [0.2, 0.25) is 15.9 Å². The monoisotopic (exact) mass is 478 g/mol. The number of hydrogen-bond donors (Lipinski definition) is 1. The summed E-state index contributed by atoms with van der Waals surface area (Å²) in [6.07, 6.45) is 0.927. The number of nitro groups is 1. The predicted octanol–water partition coefficient (Wildman–Crippen LogP) is 3.27. The number of nitrogens with zero attached hydrogens (tertiary/aromatic N) is 3. The van der Waals surface area contributed by atoms with Crippen molar-refractivity contribution in [3.63, 3.8) is 0 Å². The maximum absolute atomic E-state index is 12.7. The van der Waals surface area contributed by atoms with Gasteiger partial charge in [-0.3, -0.25) is 28.6 Å². The van der Waals surface area contributed by atoms with Crippen molar-refractivity contribution in [2.45, 2.75) is 26.8 Å². The number of carbonyl (C=O) groups excluding carboxylic acids is 1. The average Bonchev–Trinajstić information content (AvgIpc) is 3.00. The van der Waals surface area contributed by atoms with E-state index in [1.807, 2.05) is 13.8 Å². The van der Waals surface area contributed by atoms with E-state index in [0.717, 1.165) is 27.4 Å². The molecule has 0 unspecified atom stereocenters. The molecule has 2 aromatic carbocycles. The lowest BCUT2D eigenvalue weighted by molar-refractivity contribution is -0.385. The Balaban J connectivity index is 1.90. The normalized spacial score (nSPS) is 11.7. The quantitative estimate of drug-likeness (QED) is 0.409. The Hall–Kier alpha value is -3.25. The second-order valence-electron chi connectivity index (χ2n) is 7.51. The summed E-state index contributed by atoms with van der Waals surface area (Å²) < 4.78 is 27.9. The van der Waals surface area contributed by atoms with E-state index in [2.05, 4.69) is 5.32 Å². The van der Waals surface area contributed by atoms with Crippen LogP contribution in [0, 0.1) is 17.0 Å². The van der Waals surface area contributed by atoms with Crippen molar-refractivity contribution in [3.8, 4) is 0 Å². The summed E-state index contributed by atoms with van der Waals surface area (Å²) in [4.78, 5) is 35.4. The van der Waals surface area contributed by atoms with Gasteiger partial charge in [0.15, 0.2) is 0 Å². The summed E-state index contributed by atoms with van der Waals surface area (Å²) in [6, 6.07) is 9.04. The highest BCUT2D eigenvalue weighted by atomic mass is 32.2. The molecule has 0 saturated heterocycles. The summed E-state index contributed by atoms with van der Waals surface area (Å²) in [5.74, 6) is -0.628. The number of anilines is 2. The Bertz CT molecular complexity index is 1370. The van der Waals surface area contributed by atoms with Crippen molar-refractivity contribution in [1.82, 2.24) is 4.57 Å². The third-order valence-corrected chi connectivity index (χ3v) is 6.89. The van der Waals surface area contributed by atoms with Gasteiger partial charge in [0, 0.05) is 17.8 Å². The van der Waals surface area contributed by atoms with Crippen molar-refractivity contribution in [2.75, 3.05) is 22.4 Å². The van der Waals surface area contributed by atoms with Crippen LogP contribution >= 0.6 is 11.3 Å². The van der Waals surface area contributed by atoms with Crippen LogP contribution in [0.1, 0.15) is 25.5 Å². The van der Waals surface area contributed by atoms with Crippen LogP contribution in [0.2, 0.25) is 0 Å². The molecule has 0 atom stereocenters. The van der Waals surface area contributed by atoms with Crippen LogP contribution in [-0.2, 0) is 14.8 Å². The number of fused-ring (bicyclic) bond motifs is 1. The number of nitro benzene ring substituents is 1. The molecule has 3 rings (SSSR count). The maximum atomic E-state index is 12.7. The molecule has 0 spiro atoms. The van der Waals surface area contributed by atoms with Gasteiger partial charge in [-0.15, -0.1) is 0 Å². The van der Waals surface area contributed by atoms with Crippen molar-refractivity contribution >= 4 is 54.5 Å². The molecular weight excluding hydrogens is 456 g/mol. The summed E-state index contributed by atoms with van der Waals surface area (Å²) in [5.41, 5.74) is 1.10. The Kier molecular flexibility index (Phi) is 6.37. The van der Waals surface area contributed by atoms with Crippen LogP contribution < -0.4 is 14.5 Å². The fraction of sp³-hybridized carbons (Fsp3) is 0.300. The van der Waals surface area contributed by atoms with Gasteiger partial charge in [-0.25, -0.2) is 8.42 Å². The van der Waals surface area contributed by atoms with E-state index in [1.165, 1.54) is 25.1 Å². The molecule has 3 aromatic rings. The molecule has 0 bridgehead atoms. The van der Waals surface area contributed by atoms with Gasteiger partial charge in [0.1, 0.15) is 6.54 Å². The van der Waals surface area contributed by atoms with Crippen molar-refractivity contribution in [3.05, 3.63) is 61.7 Å². The zero-order valence-electron chi connectivity index (χ0n) is 17.9. The molecule has 0 fully saturated rings. The first-order valence-electron chi connectivity index (χ1n) is 9.56. The largest absolute Gasteiger partial charge is 0.324 e. The first-order valence-corrected chi connectivity index (χ1v) is 12.2. The van der Waals surface area contributed by atoms with Gasteiger partial charge in [-0.1, -0.05) is 17.4 Å². The van der Waals surface area contributed by atoms with Gasteiger partial charge in [0.25, 0.3) is 5.69 Å². The minimum atomic E-state index is -3.91. The lowest BCUT2D eigenvalue weighted by Gasteiger charge is -2.23. The Morgan fingerprint density at radius 2 is 1.97 bits per heavy atom. The Labute approximate surface area is 188 Å². The van der Waals surface area contributed by atoms with Crippen LogP contribution in [0.3, 0.4) is 0 Å². The zero-order chi connectivity index (χ0) is 23.8. The van der Waals surface area contributed by atoms with E-state index in [4.69, 9.17) is 0 Å². The van der Waals surface area contributed by atoms with Gasteiger partial charge < -0.3 is 5.32 Å². The Morgan fingerprint density at radius 1 is 1.28 bits per heavy atom. The van der Waals surface area contributed by atoms with E-state index < -0.39 is 27.4 Å². The summed E-state index contributed by atoms with van der Waals surface area (Å²) in [6.45, 7) is 4.67. The standard InChI is InChI=1S/C20H22N4O6S2/c1-12(2)23-17-9-8-14(10-18(17)31-20(23)26)21-19(25)11-22(32(4,29)30)15-6-5-7-16(13(15)3)24(27)28/h5-10,12H,11H2,1-4H3,(H,21,25). The number of rotatable bonds is 7. The van der Waals surface area contributed by atoms with Gasteiger partial charge in [-0.05, 0) is 45.0 Å². The van der Waals surface area contributed by atoms with E-state index in [-0.39, 0.29) is 27.9 Å². The van der Waals surface area contributed by atoms with Crippen LogP contribution in [0.4, 0.5) is 17.1 Å². The van der Waals surface area contributed by atoms with E-state index in [9.17, 15) is 28.1 Å². The number of thiazole rings is 1. The molecule has 0 aliphatic heterocycles. The number of hydrogen-bond acceptors (Lipinski definition) is 7. The molecule has 1 amide bonds. The molecule has 0 aliphatic carbocycles. The summed E-state index contributed by atoms with van der Waals surface area (Å²) >= 11 is 1.06. The lowest BCUT2D eigenvalue weighted by Crippen LogP contribution is -2.38. The SMILES string of the molecule is Cc1c(N(CC(=O)Nc2ccc3c(c2)sc(=O)n3C(C)C)S(C)(=O)=O)cccc1[N+](=O)[O-]. The van der Waals surface area contributed by atoms with E-state index in [0.29, 0.717) is 10.4 Å². The molecule has 12 heteroatoms.